The summed E-state index contributed by atoms with van der Waals surface area (Å²) in [6, 6.07) is 5.38. The quantitative estimate of drug-likeness (QED) is 0.667. The van der Waals surface area contributed by atoms with E-state index in [2.05, 4.69) is 10.6 Å². The van der Waals surface area contributed by atoms with Crippen molar-refractivity contribution >= 4 is 18.1 Å². The van der Waals surface area contributed by atoms with Crippen LogP contribution in [0.25, 0.3) is 0 Å². The molecule has 1 aromatic carbocycles. The molecule has 2 aliphatic heterocycles. The summed E-state index contributed by atoms with van der Waals surface area (Å²) in [6.07, 6.45) is 3.13. The number of carbonyl (C=O) groups excluding carboxylic acids is 3. The molecule has 0 unspecified atom stereocenters. The molecule has 2 bridgehead atoms. The lowest BCUT2D eigenvalue weighted by atomic mass is 10.0. The van der Waals surface area contributed by atoms with Crippen molar-refractivity contribution in [3.8, 4) is 5.75 Å². The van der Waals surface area contributed by atoms with Crippen LogP contribution in [0.4, 0.5) is 0 Å². The van der Waals surface area contributed by atoms with Gasteiger partial charge < -0.3 is 25.9 Å². The van der Waals surface area contributed by atoms with E-state index in [9.17, 15) is 14.4 Å². The normalized spacial score (nSPS) is 25.3. The lowest BCUT2D eigenvalue weighted by molar-refractivity contribution is -0.131. The van der Waals surface area contributed by atoms with E-state index in [0.29, 0.717) is 19.4 Å². The van der Waals surface area contributed by atoms with Gasteiger partial charge in [0.2, 0.25) is 11.8 Å². The average molecular weight is 375 g/mol. The Balaban J connectivity index is 2.18. The Morgan fingerprint density at radius 1 is 1.11 bits per heavy atom. The van der Waals surface area contributed by atoms with E-state index in [-0.39, 0.29) is 11.8 Å². The molecule has 2 heterocycles. The number of aldehydes is 1. The summed E-state index contributed by atoms with van der Waals surface area (Å²) in [7, 11) is 0. The molecule has 0 aliphatic carbocycles. The number of carbonyl (C=O) groups is 3. The second kappa shape index (κ2) is 10.1. The summed E-state index contributed by atoms with van der Waals surface area (Å²) in [5, 5.41) is 5.45. The van der Waals surface area contributed by atoms with Crippen LogP contribution in [0.2, 0.25) is 0 Å². The van der Waals surface area contributed by atoms with Gasteiger partial charge in [-0.1, -0.05) is 26.0 Å². The summed E-state index contributed by atoms with van der Waals surface area (Å²) < 4.78 is 5.68. The Morgan fingerprint density at radius 2 is 1.81 bits per heavy atom. The number of fused-ring (bicyclic) bond motifs is 14. The summed E-state index contributed by atoms with van der Waals surface area (Å²) in [5.41, 5.74) is 6.94. The van der Waals surface area contributed by atoms with Crippen LogP contribution in [-0.4, -0.2) is 42.8 Å². The molecule has 0 spiro atoms. The van der Waals surface area contributed by atoms with Crippen LogP contribution < -0.4 is 21.1 Å². The van der Waals surface area contributed by atoms with Crippen LogP contribution in [0.5, 0.6) is 5.75 Å². The molecule has 2 amide bonds. The van der Waals surface area contributed by atoms with Crippen LogP contribution in [0, 0.1) is 5.92 Å². The van der Waals surface area contributed by atoms with Gasteiger partial charge in [0.15, 0.2) is 0 Å². The molecule has 3 rings (SSSR count). The third kappa shape index (κ3) is 6.36. The number of rotatable bonds is 2. The topological polar surface area (TPSA) is 111 Å². The molecule has 0 saturated heterocycles. The van der Waals surface area contributed by atoms with Gasteiger partial charge in [-0.3, -0.25) is 9.59 Å². The van der Waals surface area contributed by atoms with Gasteiger partial charge in [-0.2, -0.15) is 0 Å². The Morgan fingerprint density at radius 3 is 2.44 bits per heavy atom. The number of ether oxygens (including phenoxy) is 1. The summed E-state index contributed by atoms with van der Waals surface area (Å²) in [4.78, 5) is 36.4. The predicted molar refractivity (Wildman–Crippen MR) is 102 cm³/mol. The minimum Gasteiger partial charge on any atom is -0.494 e. The van der Waals surface area contributed by atoms with Crippen LogP contribution in [0.3, 0.4) is 0 Å². The van der Waals surface area contributed by atoms with Crippen molar-refractivity contribution < 1.29 is 19.1 Å². The van der Waals surface area contributed by atoms with E-state index in [1.165, 1.54) is 0 Å². The van der Waals surface area contributed by atoms with E-state index >= 15 is 0 Å². The van der Waals surface area contributed by atoms with E-state index < -0.39 is 24.0 Å². The number of amides is 2. The van der Waals surface area contributed by atoms with Gasteiger partial charge in [0.25, 0.3) is 0 Å². The zero-order valence-electron chi connectivity index (χ0n) is 15.9. The Bertz CT molecular complexity index is 645. The highest BCUT2D eigenvalue weighted by atomic mass is 16.5. The highest BCUT2D eigenvalue weighted by Crippen LogP contribution is 2.15. The Kier molecular flexibility index (Phi) is 7.79. The summed E-state index contributed by atoms with van der Waals surface area (Å²) >= 11 is 0. The second-order valence-corrected chi connectivity index (χ2v) is 7.28. The Labute approximate surface area is 160 Å². The molecule has 3 atom stereocenters. The molecular weight excluding hydrogens is 346 g/mol. The van der Waals surface area contributed by atoms with Crippen molar-refractivity contribution in [2.24, 2.45) is 11.7 Å². The van der Waals surface area contributed by atoms with Crippen LogP contribution in [-0.2, 0) is 20.8 Å². The van der Waals surface area contributed by atoms with Crippen LogP contribution in [0.15, 0.2) is 24.3 Å². The standard InChI is InChI=1S/C20H29N3O4/c1-13(2)18-20(26)22-15(12-24)5-3-4-10-27-16-8-6-14(7-9-16)11-17(21)19(25)23-18/h6-9,12-13,15,17-18H,3-5,10-11,21H2,1-2H3,(H,22,26)(H,23,25)/t15-,17-,18-/m0/s1. The zero-order chi connectivity index (χ0) is 19.8. The van der Waals surface area contributed by atoms with E-state index in [1.807, 2.05) is 38.1 Å². The maximum absolute atomic E-state index is 12.6. The Hall–Kier alpha value is -2.41. The smallest absolute Gasteiger partial charge is 0.243 e. The van der Waals surface area contributed by atoms with E-state index in [1.54, 1.807) is 0 Å². The van der Waals surface area contributed by atoms with Gasteiger partial charge in [-0.25, -0.2) is 0 Å². The highest BCUT2D eigenvalue weighted by Gasteiger charge is 2.28. The first-order valence-electron chi connectivity index (χ1n) is 9.44. The molecule has 4 N–H and O–H groups in total. The first-order valence-corrected chi connectivity index (χ1v) is 9.44. The number of nitrogens with one attached hydrogen (secondary N) is 2. The maximum atomic E-state index is 12.6. The lowest BCUT2D eigenvalue weighted by Crippen LogP contribution is -2.55. The third-order valence-electron chi connectivity index (χ3n) is 4.63. The fourth-order valence-corrected chi connectivity index (χ4v) is 2.97. The van der Waals surface area contributed by atoms with Gasteiger partial charge in [-0.05, 0) is 49.3 Å². The van der Waals surface area contributed by atoms with Gasteiger partial charge >= 0.3 is 0 Å². The average Bonchev–Trinajstić information content (AvgIpc) is 2.64. The summed E-state index contributed by atoms with van der Waals surface area (Å²) in [6.45, 7) is 4.21. The maximum Gasteiger partial charge on any atom is 0.243 e. The molecule has 0 radical (unpaired) electrons. The predicted octanol–water partition coefficient (Wildman–Crippen LogP) is 0.944. The molecule has 2 aliphatic rings. The van der Waals surface area contributed by atoms with Crippen molar-refractivity contribution in [2.75, 3.05) is 6.61 Å². The van der Waals surface area contributed by atoms with Crippen molar-refractivity contribution in [3.05, 3.63) is 29.8 Å². The highest BCUT2D eigenvalue weighted by molar-refractivity contribution is 5.91. The second-order valence-electron chi connectivity index (χ2n) is 7.28. The minimum atomic E-state index is -0.775. The largest absolute Gasteiger partial charge is 0.494 e. The van der Waals surface area contributed by atoms with Crippen molar-refractivity contribution in [1.82, 2.24) is 10.6 Å². The van der Waals surface area contributed by atoms with Gasteiger partial charge in [0, 0.05) is 0 Å². The van der Waals surface area contributed by atoms with Gasteiger partial charge in [0.05, 0.1) is 18.7 Å². The SMILES string of the molecule is CC(C)[C@@H]1NC(=O)[C@@H](N)Cc2ccc(cc2)OCCCC[C@@H](C=O)NC1=O. The first kappa shape index (κ1) is 20.9. The molecule has 0 fully saturated rings. The molecule has 7 heteroatoms. The lowest BCUT2D eigenvalue weighted by Gasteiger charge is -2.25. The summed E-state index contributed by atoms with van der Waals surface area (Å²) in [5.74, 6) is -0.146. The molecule has 0 aromatic heterocycles. The van der Waals surface area contributed by atoms with Gasteiger partial charge in [0.1, 0.15) is 18.1 Å². The minimum absolute atomic E-state index is 0.136. The number of benzene rings is 1. The molecule has 7 nitrogen and oxygen atoms in total. The molecule has 148 valence electrons. The van der Waals surface area contributed by atoms with Crippen LogP contribution >= 0.6 is 0 Å². The van der Waals surface area contributed by atoms with E-state index in [0.717, 1.165) is 30.4 Å². The number of hydrogen-bond acceptors (Lipinski definition) is 5. The monoisotopic (exact) mass is 375 g/mol. The fraction of sp³-hybridized carbons (Fsp3) is 0.550. The first-order chi connectivity index (χ1) is 12.9. The van der Waals surface area contributed by atoms with Crippen molar-refractivity contribution in [3.63, 3.8) is 0 Å². The number of hydrogen-bond donors (Lipinski definition) is 3. The molecule has 1 aromatic rings. The molecule has 0 saturated carbocycles. The third-order valence-corrected chi connectivity index (χ3v) is 4.63. The van der Waals surface area contributed by atoms with Crippen molar-refractivity contribution in [1.29, 1.82) is 0 Å². The fourth-order valence-electron chi connectivity index (χ4n) is 2.97. The number of nitrogens with two attached hydrogens (primary N) is 1. The molecular formula is C20H29N3O4. The zero-order valence-corrected chi connectivity index (χ0v) is 15.9. The molecule has 27 heavy (non-hydrogen) atoms. The van der Waals surface area contributed by atoms with E-state index in [4.69, 9.17) is 10.5 Å². The van der Waals surface area contributed by atoms with Crippen molar-refractivity contribution in [2.45, 2.75) is 57.7 Å². The van der Waals surface area contributed by atoms with Crippen LogP contribution in [0.1, 0.15) is 38.7 Å². The van der Waals surface area contributed by atoms with Gasteiger partial charge in [-0.15, -0.1) is 0 Å².